The second-order valence-corrected chi connectivity index (χ2v) is 4.92. The molecule has 19 heavy (non-hydrogen) atoms. The molecule has 1 saturated heterocycles. The van der Waals surface area contributed by atoms with E-state index >= 15 is 0 Å². The molecular formula is C13H21N3O3. The lowest BCUT2D eigenvalue weighted by molar-refractivity contribution is -0.132. The lowest BCUT2D eigenvalue weighted by Gasteiger charge is -2.22. The molecule has 1 unspecified atom stereocenters. The number of hydrogen-bond donors (Lipinski definition) is 1. The maximum Gasteiger partial charge on any atom is 0.227 e. The Bertz CT molecular complexity index is 419. The van der Waals surface area contributed by atoms with Crippen molar-refractivity contribution in [2.24, 2.45) is 0 Å². The van der Waals surface area contributed by atoms with Crippen molar-refractivity contribution in [2.45, 2.75) is 51.5 Å². The molecule has 1 N–H and O–H groups in total. The molecule has 1 amide bonds. The minimum atomic E-state index is -0.00848. The van der Waals surface area contributed by atoms with Gasteiger partial charge in [0.1, 0.15) is 0 Å². The molecule has 106 valence electrons. The molecule has 1 aromatic rings. The van der Waals surface area contributed by atoms with Crippen molar-refractivity contribution in [1.29, 1.82) is 0 Å². The third-order valence-electron chi connectivity index (χ3n) is 3.44. The maximum absolute atomic E-state index is 12.0. The quantitative estimate of drug-likeness (QED) is 0.829. The van der Waals surface area contributed by atoms with Crippen LogP contribution in [0.5, 0.6) is 0 Å². The summed E-state index contributed by atoms with van der Waals surface area (Å²) in [6, 6.07) is -0.00848. The van der Waals surface area contributed by atoms with Crippen LogP contribution in [0.3, 0.4) is 0 Å². The number of amides is 1. The summed E-state index contributed by atoms with van der Waals surface area (Å²) in [6.07, 6.45) is 4.48. The minimum Gasteiger partial charge on any atom is -0.394 e. The minimum absolute atomic E-state index is 0.00848. The van der Waals surface area contributed by atoms with Crippen molar-refractivity contribution in [3.8, 4) is 0 Å². The molecule has 2 rings (SSSR count). The Hall–Kier alpha value is -1.43. The van der Waals surface area contributed by atoms with E-state index in [0.717, 1.165) is 32.2 Å². The number of aryl methyl sites for hydroxylation is 2. The molecule has 1 fully saturated rings. The predicted molar refractivity (Wildman–Crippen MR) is 68.4 cm³/mol. The second kappa shape index (κ2) is 6.65. The smallest absolute Gasteiger partial charge is 0.227 e. The SMILES string of the molecule is CCCc1noc(CCC(=O)N2CCCC2CO)n1. The molecule has 1 aliphatic rings. The van der Waals surface area contributed by atoms with Crippen LogP contribution in [-0.4, -0.2) is 45.2 Å². The van der Waals surface area contributed by atoms with Crippen LogP contribution in [-0.2, 0) is 17.6 Å². The van der Waals surface area contributed by atoms with E-state index in [1.807, 2.05) is 0 Å². The van der Waals surface area contributed by atoms with E-state index in [0.29, 0.717) is 24.6 Å². The Labute approximate surface area is 112 Å². The number of aliphatic hydroxyl groups is 1. The summed E-state index contributed by atoms with van der Waals surface area (Å²) in [5, 5.41) is 13.1. The summed E-state index contributed by atoms with van der Waals surface area (Å²) in [5.41, 5.74) is 0. The average Bonchev–Trinajstić information content (AvgIpc) is 3.05. The largest absolute Gasteiger partial charge is 0.394 e. The summed E-state index contributed by atoms with van der Waals surface area (Å²) in [7, 11) is 0. The van der Waals surface area contributed by atoms with Gasteiger partial charge in [-0.05, 0) is 19.3 Å². The first-order valence-electron chi connectivity index (χ1n) is 6.96. The van der Waals surface area contributed by atoms with Crippen molar-refractivity contribution in [3.63, 3.8) is 0 Å². The van der Waals surface area contributed by atoms with Gasteiger partial charge in [-0.3, -0.25) is 4.79 Å². The summed E-state index contributed by atoms with van der Waals surface area (Å²) in [4.78, 5) is 18.1. The summed E-state index contributed by atoms with van der Waals surface area (Å²) >= 11 is 0. The van der Waals surface area contributed by atoms with Gasteiger partial charge in [0.25, 0.3) is 0 Å². The summed E-state index contributed by atoms with van der Waals surface area (Å²) in [5.74, 6) is 1.29. The van der Waals surface area contributed by atoms with Gasteiger partial charge >= 0.3 is 0 Å². The monoisotopic (exact) mass is 267 g/mol. The van der Waals surface area contributed by atoms with Gasteiger partial charge in [-0.2, -0.15) is 4.98 Å². The fraction of sp³-hybridized carbons (Fsp3) is 0.769. The standard InChI is InChI=1S/C13H21N3O3/c1-2-4-11-14-12(19-15-11)6-7-13(18)16-8-3-5-10(16)9-17/h10,17H,2-9H2,1H3. The number of hydrogen-bond acceptors (Lipinski definition) is 5. The molecule has 0 radical (unpaired) electrons. The highest BCUT2D eigenvalue weighted by Gasteiger charge is 2.27. The van der Waals surface area contributed by atoms with Crippen molar-refractivity contribution < 1.29 is 14.4 Å². The van der Waals surface area contributed by atoms with Crippen molar-refractivity contribution in [2.75, 3.05) is 13.2 Å². The van der Waals surface area contributed by atoms with E-state index < -0.39 is 0 Å². The van der Waals surface area contributed by atoms with E-state index in [1.54, 1.807) is 4.90 Å². The second-order valence-electron chi connectivity index (χ2n) is 4.92. The molecule has 1 atom stereocenters. The van der Waals surface area contributed by atoms with Crippen LogP contribution in [0, 0.1) is 0 Å². The normalized spacial score (nSPS) is 19.1. The number of carbonyl (C=O) groups excluding carboxylic acids is 1. The van der Waals surface area contributed by atoms with Crippen molar-refractivity contribution in [1.82, 2.24) is 15.0 Å². The number of aliphatic hydroxyl groups excluding tert-OH is 1. The highest BCUT2D eigenvalue weighted by molar-refractivity contribution is 5.77. The van der Waals surface area contributed by atoms with Gasteiger partial charge in [0, 0.05) is 25.8 Å². The van der Waals surface area contributed by atoms with E-state index in [2.05, 4.69) is 17.1 Å². The lowest BCUT2D eigenvalue weighted by Crippen LogP contribution is -2.37. The molecule has 1 aliphatic heterocycles. The van der Waals surface area contributed by atoms with E-state index in [4.69, 9.17) is 4.52 Å². The molecule has 2 heterocycles. The number of rotatable bonds is 6. The fourth-order valence-electron chi connectivity index (χ4n) is 2.43. The molecule has 0 aromatic carbocycles. The Balaban J connectivity index is 1.82. The summed E-state index contributed by atoms with van der Waals surface area (Å²) in [6.45, 7) is 2.85. The van der Waals surface area contributed by atoms with Crippen LogP contribution in [0.15, 0.2) is 4.52 Å². The molecular weight excluding hydrogens is 246 g/mol. The molecule has 6 nitrogen and oxygen atoms in total. The number of likely N-dealkylation sites (tertiary alicyclic amines) is 1. The van der Waals surface area contributed by atoms with Gasteiger partial charge in [-0.15, -0.1) is 0 Å². The Kier molecular flexibility index (Phi) is 4.90. The molecule has 0 spiro atoms. The zero-order chi connectivity index (χ0) is 13.7. The molecule has 6 heteroatoms. The first-order valence-corrected chi connectivity index (χ1v) is 6.96. The highest BCUT2D eigenvalue weighted by Crippen LogP contribution is 2.18. The zero-order valence-corrected chi connectivity index (χ0v) is 11.3. The summed E-state index contributed by atoms with van der Waals surface area (Å²) < 4.78 is 5.10. The molecule has 0 aliphatic carbocycles. The lowest BCUT2D eigenvalue weighted by atomic mass is 10.2. The third kappa shape index (κ3) is 3.53. The van der Waals surface area contributed by atoms with Crippen LogP contribution < -0.4 is 0 Å². The highest BCUT2D eigenvalue weighted by atomic mass is 16.5. The predicted octanol–water partition coefficient (Wildman–Crippen LogP) is 0.938. The van der Waals surface area contributed by atoms with E-state index in [1.165, 1.54) is 0 Å². The fourth-order valence-corrected chi connectivity index (χ4v) is 2.43. The molecule has 0 bridgehead atoms. The van der Waals surface area contributed by atoms with Crippen LogP contribution in [0.25, 0.3) is 0 Å². The molecule has 1 aromatic heterocycles. The zero-order valence-electron chi connectivity index (χ0n) is 11.3. The number of nitrogens with zero attached hydrogens (tertiary/aromatic N) is 3. The van der Waals surface area contributed by atoms with Gasteiger partial charge in [-0.1, -0.05) is 12.1 Å². The van der Waals surface area contributed by atoms with Gasteiger partial charge in [0.05, 0.1) is 12.6 Å². The van der Waals surface area contributed by atoms with Crippen LogP contribution in [0.2, 0.25) is 0 Å². The third-order valence-corrected chi connectivity index (χ3v) is 3.44. The number of carbonyl (C=O) groups is 1. The van der Waals surface area contributed by atoms with E-state index in [-0.39, 0.29) is 18.6 Å². The van der Waals surface area contributed by atoms with E-state index in [9.17, 15) is 9.90 Å². The first-order chi connectivity index (χ1) is 9.24. The first kappa shape index (κ1) is 14.0. The van der Waals surface area contributed by atoms with Crippen molar-refractivity contribution in [3.05, 3.63) is 11.7 Å². The number of aromatic nitrogens is 2. The Morgan fingerprint density at radius 2 is 2.37 bits per heavy atom. The molecule has 0 saturated carbocycles. The van der Waals surface area contributed by atoms with Crippen LogP contribution in [0.4, 0.5) is 0 Å². The Morgan fingerprint density at radius 1 is 1.53 bits per heavy atom. The van der Waals surface area contributed by atoms with Gasteiger partial charge < -0.3 is 14.5 Å². The average molecular weight is 267 g/mol. The topological polar surface area (TPSA) is 79.5 Å². The van der Waals surface area contributed by atoms with Gasteiger partial charge in [0.15, 0.2) is 5.82 Å². The van der Waals surface area contributed by atoms with Gasteiger partial charge in [-0.25, -0.2) is 0 Å². The van der Waals surface area contributed by atoms with Crippen molar-refractivity contribution >= 4 is 5.91 Å². The Morgan fingerprint density at radius 3 is 3.11 bits per heavy atom. The van der Waals surface area contributed by atoms with Crippen LogP contribution >= 0.6 is 0 Å². The van der Waals surface area contributed by atoms with Crippen LogP contribution in [0.1, 0.15) is 44.3 Å². The van der Waals surface area contributed by atoms with Gasteiger partial charge in [0.2, 0.25) is 11.8 Å². The maximum atomic E-state index is 12.0.